The van der Waals surface area contributed by atoms with Crippen molar-refractivity contribution in [1.29, 1.82) is 0 Å². The van der Waals surface area contributed by atoms with Crippen LogP contribution >= 0.6 is 0 Å². The average Bonchev–Trinajstić information content (AvgIpc) is 2.49. The molecule has 1 heterocycles. The van der Waals surface area contributed by atoms with Gasteiger partial charge in [0.15, 0.2) is 0 Å². The molecule has 1 aromatic carbocycles. The Balaban J connectivity index is 1.80. The summed E-state index contributed by atoms with van der Waals surface area (Å²) in [4.78, 5) is 0. The molecule has 2 unspecified atom stereocenters. The van der Waals surface area contributed by atoms with Crippen LogP contribution in [-0.4, -0.2) is 41.2 Å². The lowest BCUT2D eigenvalue weighted by Crippen LogP contribution is -2.64. The van der Waals surface area contributed by atoms with Gasteiger partial charge in [-0.3, -0.25) is 0 Å². The Kier molecular flexibility index (Phi) is 3.96. The lowest BCUT2D eigenvalue weighted by atomic mass is 9.69. The number of aliphatic hydroxyl groups excluding tert-OH is 1. The average molecular weight is 277 g/mol. The number of benzene rings is 1. The van der Waals surface area contributed by atoms with Crippen LogP contribution in [0.4, 0.5) is 5.69 Å². The Labute approximate surface area is 119 Å². The Morgan fingerprint density at radius 2 is 2.05 bits per heavy atom. The van der Waals surface area contributed by atoms with E-state index in [1.807, 2.05) is 30.3 Å². The highest BCUT2D eigenvalue weighted by Gasteiger charge is 2.52. The molecule has 4 heteroatoms. The van der Waals surface area contributed by atoms with Gasteiger partial charge in [0.25, 0.3) is 0 Å². The molecule has 0 bridgehead atoms. The molecule has 1 aliphatic heterocycles. The number of hydrogen-bond acceptors (Lipinski definition) is 4. The third-order valence-electron chi connectivity index (χ3n) is 4.72. The van der Waals surface area contributed by atoms with E-state index in [-0.39, 0.29) is 24.7 Å². The molecule has 0 aromatic heterocycles. The molecule has 0 amide bonds. The van der Waals surface area contributed by atoms with Crippen molar-refractivity contribution in [2.24, 2.45) is 5.92 Å². The third-order valence-corrected chi connectivity index (χ3v) is 4.72. The number of anilines is 1. The van der Waals surface area contributed by atoms with Crippen LogP contribution in [0.5, 0.6) is 0 Å². The zero-order chi connectivity index (χ0) is 14.0. The van der Waals surface area contributed by atoms with Crippen molar-refractivity contribution in [3.63, 3.8) is 0 Å². The number of ether oxygens (including phenoxy) is 1. The number of aliphatic hydroxyl groups is 2. The lowest BCUT2D eigenvalue weighted by molar-refractivity contribution is -0.195. The highest BCUT2D eigenvalue weighted by molar-refractivity contribution is 5.44. The van der Waals surface area contributed by atoms with Crippen LogP contribution in [0.3, 0.4) is 0 Å². The van der Waals surface area contributed by atoms with Crippen LogP contribution < -0.4 is 5.32 Å². The molecule has 4 atom stereocenters. The van der Waals surface area contributed by atoms with E-state index in [1.165, 1.54) is 0 Å². The van der Waals surface area contributed by atoms with E-state index in [4.69, 9.17) is 4.74 Å². The van der Waals surface area contributed by atoms with Crippen molar-refractivity contribution in [1.82, 2.24) is 0 Å². The van der Waals surface area contributed by atoms with Gasteiger partial charge in [-0.1, -0.05) is 18.2 Å². The largest absolute Gasteiger partial charge is 0.396 e. The summed E-state index contributed by atoms with van der Waals surface area (Å²) in [6, 6.07) is 9.97. The first-order valence-corrected chi connectivity index (χ1v) is 7.50. The second kappa shape index (κ2) is 5.72. The van der Waals surface area contributed by atoms with E-state index >= 15 is 0 Å². The Morgan fingerprint density at radius 1 is 1.25 bits per heavy atom. The smallest absolute Gasteiger partial charge is 0.111 e. The standard InChI is InChI=1S/C16H23NO3/c18-11-12-7-8-14(17-13-5-2-1-3-6-13)16(19)9-4-10-20-15(12)16/h1-3,5-6,12,14-15,17-19H,4,7-11H2/t12?,14-,15?,16+/m0/s1. The van der Waals surface area contributed by atoms with Crippen molar-refractivity contribution >= 4 is 5.69 Å². The van der Waals surface area contributed by atoms with Crippen LogP contribution in [0, 0.1) is 5.92 Å². The van der Waals surface area contributed by atoms with Crippen LogP contribution in [0.1, 0.15) is 25.7 Å². The van der Waals surface area contributed by atoms with E-state index in [0.717, 1.165) is 31.4 Å². The molecular weight excluding hydrogens is 254 g/mol. The summed E-state index contributed by atoms with van der Waals surface area (Å²) in [6.45, 7) is 0.770. The van der Waals surface area contributed by atoms with Crippen LogP contribution in [0.15, 0.2) is 30.3 Å². The van der Waals surface area contributed by atoms with E-state index in [0.29, 0.717) is 6.61 Å². The highest BCUT2D eigenvalue weighted by Crippen LogP contribution is 2.41. The maximum absolute atomic E-state index is 11.1. The molecule has 1 aromatic rings. The molecule has 3 N–H and O–H groups in total. The first-order chi connectivity index (χ1) is 9.74. The Bertz CT molecular complexity index is 439. The molecule has 20 heavy (non-hydrogen) atoms. The summed E-state index contributed by atoms with van der Waals surface area (Å²) in [5.41, 5.74) is 0.150. The summed E-state index contributed by atoms with van der Waals surface area (Å²) >= 11 is 0. The van der Waals surface area contributed by atoms with Gasteiger partial charge in [0.1, 0.15) is 5.60 Å². The van der Waals surface area contributed by atoms with E-state index < -0.39 is 5.60 Å². The monoisotopic (exact) mass is 277 g/mol. The molecule has 1 saturated carbocycles. The molecule has 4 nitrogen and oxygen atoms in total. The third kappa shape index (κ3) is 2.43. The fourth-order valence-electron chi connectivity index (χ4n) is 3.67. The summed E-state index contributed by atoms with van der Waals surface area (Å²) in [7, 11) is 0. The van der Waals surface area contributed by atoms with E-state index in [9.17, 15) is 10.2 Å². The molecule has 2 fully saturated rings. The quantitative estimate of drug-likeness (QED) is 0.788. The topological polar surface area (TPSA) is 61.7 Å². The van der Waals surface area contributed by atoms with Gasteiger partial charge in [0, 0.05) is 24.8 Å². The van der Waals surface area contributed by atoms with E-state index in [1.54, 1.807) is 0 Å². The summed E-state index contributed by atoms with van der Waals surface area (Å²) in [5, 5.41) is 24.1. The summed E-state index contributed by atoms with van der Waals surface area (Å²) < 4.78 is 5.81. The number of rotatable bonds is 3. The van der Waals surface area contributed by atoms with Gasteiger partial charge in [0.2, 0.25) is 0 Å². The van der Waals surface area contributed by atoms with E-state index in [2.05, 4.69) is 5.32 Å². The van der Waals surface area contributed by atoms with Crippen LogP contribution in [0.2, 0.25) is 0 Å². The van der Waals surface area contributed by atoms with Gasteiger partial charge in [-0.05, 0) is 37.8 Å². The second-order valence-corrected chi connectivity index (χ2v) is 5.97. The van der Waals surface area contributed by atoms with Crippen molar-refractivity contribution in [3.8, 4) is 0 Å². The molecule has 2 aliphatic rings. The van der Waals surface area contributed by atoms with Crippen LogP contribution in [0.25, 0.3) is 0 Å². The number of fused-ring (bicyclic) bond motifs is 1. The lowest BCUT2D eigenvalue weighted by Gasteiger charge is -2.51. The minimum Gasteiger partial charge on any atom is -0.396 e. The summed E-state index contributed by atoms with van der Waals surface area (Å²) in [6.07, 6.45) is 3.09. The van der Waals surface area contributed by atoms with Gasteiger partial charge in [-0.15, -0.1) is 0 Å². The van der Waals surface area contributed by atoms with Crippen molar-refractivity contribution < 1.29 is 14.9 Å². The number of hydrogen-bond donors (Lipinski definition) is 3. The fourth-order valence-corrected chi connectivity index (χ4v) is 3.67. The Hall–Kier alpha value is -1.10. The van der Waals surface area contributed by atoms with Crippen LogP contribution in [-0.2, 0) is 4.74 Å². The fraction of sp³-hybridized carbons (Fsp3) is 0.625. The number of para-hydroxylation sites is 1. The zero-order valence-corrected chi connectivity index (χ0v) is 11.7. The molecule has 3 rings (SSSR count). The van der Waals surface area contributed by atoms with Gasteiger partial charge in [-0.2, -0.15) is 0 Å². The highest BCUT2D eigenvalue weighted by atomic mass is 16.5. The first kappa shape index (κ1) is 13.9. The van der Waals surface area contributed by atoms with Gasteiger partial charge in [-0.25, -0.2) is 0 Å². The SMILES string of the molecule is OCC1CC[C@H](Nc2ccccc2)[C@]2(O)CCCOC12. The normalized spacial score (nSPS) is 37.2. The summed E-state index contributed by atoms with van der Waals surface area (Å²) in [5.74, 6) is 0.0501. The Morgan fingerprint density at radius 3 is 2.80 bits per heavy atom. The molecule has 1 aliphatic carbocycles. The molecule has 110 valence electrons. The predicted octanol–water partition coefficient (Wildman–Crippen LogP) is 1.78. The van der Waals surface area contributed by atoms with Gasteiger partial charge >= 0.3 is 0 Å². The maximum Gasteiger partial charge on any atom is 0.111 e. The van der Waals surface area contributed by atoms with Gasteiger partial charge < -0.3 is 20.3 Å². The molecule has 0 spiro atoms. The minimum atomic E-state index is -0.875. The van der Waals surface area contributed by atoms with Crippen molar-refractivity contribution in [2.75, 3.05) is 18.5 Å². The first-order valence-electron chi connectivity index (χ1n) is 7.50. The zero-order valence-electron chi connectivity index (χ0n) is 11.7. The van der Waals surface area contributed by atoms with Gasteiger partial charge in [0.05, 0.1) is 12.1 Å². The van der Waals surface area contributed by atoms with Crippen molar-refractivity contribution in [3.05, 3.63) is 30.3 Å². The maximum atomic E-state index is 11.1. The predicted molar refractivity (Wildman–Crippen MR) is 77.6 cm³/mol. The minimum absolute atomic E-state index is 0.0157. The number of nitrogens with one attached hydrogen (secondary N) is 1. The molecule has 1 saturated heterocycles. The second-order valence-electron chi connectivity index (χ2n) is 5.97. The molecule has 0 radical (unpaired) electrons. The molecular formula is C16H23NO3. The van der Waals surface area contributed by atoms with Crippen molar-refractivity contribution in [2.45, 2.75) is 43.4 Å².